The van der Waals surface area contributed by atoms with Gasteiger partial charge in [-0.1, -0.05) is 11.6 Å². The molecule has 1 heterocycles. The molecule has 7 nitrogen and oxygen atoms in total. The number of amides is 1. The molecule has 9 heteroatoms. The lowest BCUT2D eigenvalue weighted by atomic mass is 10.1. The Kier molecular flexibility index (Phi) is 4.39. The van der Waals surface area contributed by atoms with Crippen LogP contribution in [0.2, 0.25) is 5.02 Å². The molecule has 1 amide bonds. The molecule has 1 aromatic heterocycles. The molecule has 0 bridgehead atoms. The smallest absolute Gasteiger partial charge is 0.294 e. The zero-order valence-corrected chi connectivity index (χ0v) is 12.7. The van der Waals surface area contributed by atoms with Crippen molar-refractivity contribution in [2.75, 3.05) is 11.1 Å². The van der Waals surface area contributed by atoms with E-state index in [0.29, 0.717) is 5.82 Å². The Hall–Kier alpha value is -2.19. The van der Waals surface area contributed by atoms with Gasteiger partial charge >= 0.3 is 0 Å². The van der Waals surface area contributed by atoms with Gasteiger partial charge in [0.2, 0.25) is 0 Å². The molecule has 0 aliphatic rings. The van der Waals surface area contributed by atoms with Crippen LogP contribution in [0.5, 0.6) is 0 Å². The van der Waals surface area contributed by atoms with Crippen LogP contribution in [0.25, 0.3) is 0 Å². The summed E-state index contributed by atoms with van der Waals surface area (Å²) < 4.78 is 0.756. The second kappa shape index (κ2) is 6.06. The Morgan fingerprint density at radius 1 is 1.43 bits per heavy atom. The van der Waals surface area contributed by atoms with Gasteiger partial charge in [0.25, 0.3) is 11.6 Å². The van der Waals surface area contributed by atoms with Gasteiger partial charge in [-0.05, 0) is 34.1 Å². The molecule has 0 aliphatic carbocycles. The number of nitro benzene ring substituents is 1. The van der Waals surface area contributed by atoms with Crippen LogP contribution in [0.4, 0.5) is 17.2 Å². The Bertz CT molecular complexity index is 721. The molecule has 0 spiro atoms. The highest BCUT2D eigenvalue weighted by Crippen LogP contribution is 2.31. The average molecular weight is 372 g/mol. The summed E-state index contributed by atoms with van der Waals surface area (Å²) >= 11 is 9.02. The first-order valence-electron chi connectivity index (χ1n) is 5.55. The molecule has 3 N–H and O–H groups in total. The van der Waals surface area contributed by atoms with Gasteiger partial charge in [0, 0.05) is 22.3 Å². The maximum absolute atomic E-state index is 12.1. The molecule has 2 aromatic rings. The largest absolute Gasteiger partial charge is 0.392 e. The van der Waals surface area contributed by atoms with E-state index in [1.54, 1.807) is 12.1 Å². The number of hydrogen-bond acceptors (Lipinski definition) is 5. The van der Waals surface area contributed by atoms with E-state index in [9.17, 15) is 14.9 Å². The van der Waals surface area contributed by atoms with Gasteiger partial charge < -0.3 is 11.1 Å². The molecule has 2 rings (SSSR count). The standard InChI is InChI=1S/C12H8BrClN4O3/c13-7-1-2-10(16-5-7)17-12(19)6-3-8(14)11(15)9(4-6)18(20)21/h1-5H,15H2,(H,16,17,19). The maximum atomic E-state index is 12.1. The quantitative estimate of drug-likeness (QED) is 0.489. The molecule has 0 radical (unpaired) electrons. The number of nitrogen functional groups attached to an aromatic ring is 1. The van der Waals surface area contributed by atoms with Gasteiger partial charge in [-0.15, -0.1) is 0 Å². The number of hydrogen-bond donors (Lipinski definition) is 2. The number of nitro groups is 1. The lowest BCUT2D eigenvalue weighted by molar-refractivity contribution is -0.383. The lowest BCUT2D eigenvalue weighted by Crippen LogP contribution is -2.13. The molecule has 108 valence electrons. The summed E-state index contributed by atoms with van der Waals surface area (Å²) in [6, 6.07) is 5.60. The van der Waals surface area contributed by atoms with Gasteiger partial charge in [0.1, 0.15) is 11.5 Å². The van der Waals surface area contributed by atoms with Crippen LogP contribution in [-0.2, 0) is 0 Å². The number of anilines is 2. The predicted molar refractivity (Wildman–Crippen MR) is 82.4 cm³/mol. The Morgan fingerprint density at radius 3 is 2.71 bits per heavy atom. The second-order valence-electron chi connectivity index (χ2n) is 3.96. The summed E-state index contributed by atoms with van der Waals surface area (Å²) in [5.41, 5.74) is 4.92. The Morgan fingerprint density at radius 2 is 2.14 bits per heavy atom. The predicted octanol–water partition coefficient (Wildman–Crippen LogP) is 3.24. The fraction of sp³-hybridized carbons (Fsp3) is 0. The van der Waals surface area contributed by atoms with Gasteiger partial charge in [-0.25, -0.2) is 4.98 Å². The summed E-state index contributed by atoms with van der Waals surface area (Å²) in [5, 5.41) is 13.3. The number of nitrogens with one attached hydrogen (secondary N) is 1. The topological polar surface area (TPSA) is 111 Å². The molecule has 0 saturated heterocycles. The normalized spacial score (nSPS) is 10.2. The van der Waals surface area contributed by atoms with Crippen molar-refractivity contribution in [3.63, 3.8) is 0 Å². The van der Waals surface area contributed by atoms with Crippen LogP contribution in [0, 0.1) is 10.1 Å². The van der Waals surface area contributed by atoms with Crippen molar-refractivity contribution in [1.29, 1.82) is 0 Å². The van der Waals surface area contributed by atoms with E-state index in [4.69, 9.17) is 17.3 Å². The van der Waals surface area contributed by atoms with E-state index in [1.807, 2.05) is 0 Å². The van der Waals surface area contributed by atoms with E-state index in [0.717, 1.165) is 10.5 Å². The van der Waals surface area contributed by atoms with Crippen molar-refractivity contribution < 1.29 is 9.72 Å². The monoisotopic (exact) mass is 370 g/mol. The fourth-order valence-electron chi connectivity index (χ4n) is 1.52. The number of aromatic nitrogens is 1. The number of benzene rings is 1. The van der Waals surface area contributed by atoms with Crippen molar-refractivity contribution in [2.45, 2.75) is 0 Å². The minimum absolute atomic E-state index is 0.0191. The van der Waals surface area contributed by atoms with Crippen LogP contribution in [0.3, 0.4) is 0 Å². The number of carbonyl (C=O) groups is 1. The third-order valence-corrected chi connectivity index (χ3v) is 3.32. The zero-order chi connectivity index (χ0) is 15.6. The van der Waals surface area contributed by atoms with E-state index in [2.05, 4.69) is 26.2 Å². The third-order valence-electron chi connectivity index (χ3n) is 2.54. The third kappa shape index (κ3) is 3.47. The summed E-state index contributed by atoms with van der Waals surface area (Å²) in [4.78, 5) is 26.2. The van der Waals surface area contributed by atoms with E-state index >= 15 is 0 Å². The molecular weight excluding hydrogens is 364 g/mol. The molecule has 21 heavy (non-hydrogen) atoms. The highest BCUT2D eigenvalue weighted by molar-refractivity contribution is 9.10. The molecule has 0 unspecified atom stereocenters. The van der Waals surface area contributed by atoms with Crippen molar-refractivity contribution in [3.05, 3.63) is 55.6 Å². The number of nitrogens with two attached hydrogens (primary N) is 1. The summed E-state index contributed by atoms with van der Waals surface area (Å²) in [6.07, 6.45) is 1.51. The number of halogens is 2. The van der Waals surface area contributed by atoms with E-state index in [-0.39, 0.29) is 16.3 Å². The van der Waals surface area contributed by atoms with Crippen molar-refractivity contribution in [3.8, 4) is 0 Å². The van der Waals surface area contributed by atoms with Gasteiger partial charge in [-0.2, -0.15) is 0 Å². The van der Waals surface area contributed by atoms with E-state index < -0.39 is 16.5 Å². The first-order valence-corrected chi connectivity index (χ1v) is 6.72. The van der Waals surface area contributed by atoms with E-state index in [1.165, 1.54) is 12.3 Å². The first-order chi connectivity index (χ1) is 9.88. The fourth-order valence-corrected chi connectivity index (χ4v) is 1.97. The summed E-state index contributed by atoms with van der Waals surface area (Å²) in [7, 11) is 0. The van der Waals surface area contributed by atoms with Crippen LogP contribution < -0.4 is 11.1 Å². The Balaban J connectivity index is 2.31. The molecule has 0 aliphatic heterocycles. The second-order valence-corrected chi connectivity index (χ2v) is 5.29. The number of carbonyl (C=O) groups excluding carboxylic acids is 1. The molecular formula is C12H8BrClN4O3. The van der Waals surface area contributed by atoms with Gasteiger partial charge in [0.05, 0.1) is 9.95 Å². The SMILES string of the molecule is Nc1c(Cl)cc(C(=O)Nc2ccc(Br)cn2)cc1[N+](=O)[O-]. The van der Waals surface area contributed by atoms with Crippen LogP contribution in [-0.4, -0.2) is 15.8 Å². The lowest BCUT2D eigenvalue weighted by Gasteiger charge is -2.06. The first kappa shape index (κ1) is 15.2. The summed E-state index contributed by atoms with van der Waals surface area (Å²) in [5.74, 6) is -0.270. The molecule has 0 fully saturated rings. The van der Waals surface area contributed by atoms with Crippen molar-refractivity contribution in [2.24, 2.45) is 0 Å². The minimum atomic E-state index is -0.699. The van der Waals surface area contributed by atoms with Crippen molar-refractivity contribution >= 4 is 50.6 Å². The molecule has 0 saturated carbocycles. The van der Waals surface area contributed by atoms with Crippen molar-refractivity contribution in [1.82, 2.24) is 4.98 Å². The molecule has 0 atom stereocenters. The number of pyridine rings is 1. The molecule has 1 aromatic carbocycles. The Labute approximate surface area is 132 Å². The maximum Gasteiger partial charge on any atom is 0.294 e. The zero-order valence-electron chi connectivity index (χ0n) is 10.3. The van der Waals surface area contributed by atoms with Crippen LogP contribution >= 0.6 is 27.5 Å². The highest BCUT2D eigenvalue weighted by atomic mass is 79.9. The summed E-state index contributed by atoms with van der Waals surface area (Å²) in [6.45, 7) is 0. The number of nitrogens with zero attached hydrogens (tertiary/aromatic N) is 2. The van der Waals surface area contributed by atoms with Crippen LogP contribution in [0.1, 0.15) is 10.4 Å². The van der Waals surface area contributed by atoms with Gasteiger partial charge in [-0.3, -0.25) is 14.9 Å². The number of rotatable bonds is 3. The average Bonchev–Trinajstić information content (AvgIpc) is 2.43. The van der Waals surface area contributed by atoms with Crippen LogP contribution in [0.15, 0.2) is 34.9 Å². The minimum Gasteiger partial charge on any atom is -0.392 e. The highest BCUT2D eigenvalue weighted by Gasteiger charge is 2.19. The van der Waals surface area contributed by atoms with Gasteiger partial charge in [0.15, 0.2) is 0 Å².